The summed E-state index contributed by atoms with van der Waals surface area (Å²) in [5, 5.41) is 5.56. The van der Waals surface area contributed by atoms with Crippen molar-refractivity contribution < 1.29 is 4.79 Å². The van der Waals surface area contributed by atoms with E-state index in [2.05, 4.69) is 28.4 Å². The molecule has 104 valence electrons. The molecule has 0 aromatic heterocycles. The number of carbonyl (C=O) groups is 1. The minimum atomic E-state index is -0.344. The van der Waals surface area contributed by atoms with Crippen LogP contribution in [-0.2, 0) is 4.79 Å². The molecule has 2 aromatic rings. The molecule has 3 rings (SSSR count). The van der Waals surface area contributed by atoms with Gasteiger partial charge in [0.05, 0.1) is 0 Å². The van der Waals surface area contributed by atoms with Crippen LogP contribution < -0.4 is 11.1 Å². The highest BCUT2D eigenvalue weighted by atomic mass is 16.1. The molecule has 1 amide bonds. The Balaban J connectivity index is 2.07. The van der Waals surface area contributed by atoms with E-state index < -0.39 is 0 Å². The number of nitrogens with two attached hydrogens (primary N) is 1. The molecule has 0 saturated carbocycles. The summed E-state index contributed by atoms with van der Waals surface area (Å²) in [5.74, 6) is -0.275. The van der Waals surface area contributed by atoms with Gasteiger partial charge in [-0.3, -0.25) is 9.69 Å². The van der Waals surface area contributed by atoms with Gasteiger partial charge in [-0.15, -0.1) is 0 Å². The summed E-state index contributed by atoms with van der Waals surface area (Å²) in [7, 11) is 0. The molecule has 0 radical (unpaired) electrons. The van der Waals surface area contributed by atoms with Crippen molar-refractivity contribution in [2.24, 2.45) is 5.73 Å². The summed E-state index contributed by atoms with van der Waals surface area (Å²) in [6.45, 7) is 3.48. The Morgan fingerprint density at radius 3 is 2.55 bits per heavy atom. The minimum Gasteiger partial charge on any atom is -0.368 e. The van der Waals surface area contributed by atoms with Crippen molar-refractivity contribution in [3.63, 3.8) is 0 Å². The minimum absolute atomic E-state index is 0.275. The van der Waals surface area contributed by atoms with Crippen molar-refractivity contribution in [1.29, 1.82) is 0 Å². The highest BCUT2D eigenvalue weighted by Crippen LogP contribution is 2.28. The largest absolute Gasteiger partial charge is 0.368 e. The second-order valence-corrected chi connectivity index (χ2v) is 5.16. The Hall–Kier alpha value is -1.91. The third-order valence-electron chi connectivity index (χ3n) is 3.90. The first kappa shape index (κ1) is 13.1. The number of amides is 1. The number of primary amides is 1. The van der Waals surface area contributed by atoms with Crippen molar-refractivity contribution in [2.75, 3.05) is 26.2 Å². The van der Waals surface area contributed by atoms with E-state index in [9.17, 15) is 4.79 Å². The van der Waals surface area contributed by atoms with Crippen molar-refractivity contribution in [2.45, 2.75) is 6.04 Å². The van der Waals surface area contributed by atoms with Crippen molar-refractivity contribution in [3.05, 3.63) is 48.0 Å². The standard InChI is InChI=1S/C16H19N3O/c17-16(20)15(19-10-8-18-9-11-19)14-7-3-5-12-4-1-2-6-13(12)14/h1-7,15,18H,8-11H2,(H2,17,20). The van der Waals surface area contributed by atoms with Gasteiger partial charge in [-0.25, -0.2) is 0 Å². The van der Waals surface area contributed by atoms with Gasteiger partial charge in [-0.05, 0) is 16.3 Å². The average Bonchev–Trinajstić information content (AvgIpc) is 2.48. The Labute approximate surface area is 118 Å². The van der Waals surface area contributed by atoms with Gasteiger partial charge in [0.2, 0.25) is 5.91 Å². The quantitative estimate of drug-likeness (QED) is 0.882. The molecule has 0 bridgehead atoms. The first-order valence-electron chi connectivity index (χ1n) is 6.99. The molecule has 4 nitrogen and oxygen atoms in total. The SMILES string of the molecule is NC(=O)C(c1cccc2ccccc12)N1CCNCC1. The van der Waals surface area contributed by atoms with E-state index in [1.54, 1.807) is 0 Å². The van der Waals surface area contributed by atoms with Crippen LogP contribution in [0.25, 0.3) is 10.8 Å². The molecule has 0 spiro atoms. The van der Waals surface area contributed by atoms with Crippen molar-refractivity contribution in [3.8, 4) is 0 Å². The van der Waals surface area contributed by atoms with Gasteiger partial charge in [0.1, 0.15) is 6.04 Å². The van der Waals surface area contributed by atoms with E-state index in [-0.39, 0.29) is 11.9 Å². The number of hydrogen-bond acceptors (Lipinski definition) is 3. The maximum Gasteiger partial charge on any atom is 0.239 e. The summed E-state index contributed by atoms with van der Waals surface area (Å²) >= 11 is 0. The van der Waals surface area contributed by atoms with Gasteiger partial charge in [0, 0.05) is 26.2 Å². The van der Waals surface area contributed by atoms with Crippen LogP contribution >= 0.6 is 0 Å². The molecule has 1 atom stereocenters. The number of rotatable bonds is 3. The predicted molar refractivity (Wildman–Crippen MR) is 80.3 cm³/mol. The zero-order chi connectivity index (χ0) is 13.9. The molecule has 1 fully saturated rings. The highest BCUT2D eigenvalue weighted by Gasteiger charge is 2.27. The number of hydrogen-bond donors (Lipinski definition) is 2. The second-order valence-electron chi connectivity index (χ2n) is 5.16. The zero-order valence-electron chi connectivity index (χ0n) is 11.4. The molecule has 1 heterocycles. The van der Waals surface area contributed by atoms with E-state index >= 15 is 0 Å². The first-order valence-corrected chi connectivity index (χ1v) is 6.99. The van der Waals surface area contributed by atoms with Crippen LogP contribution in [0.4, 0.5) is 0 Å². The van der Waals surface area contributed by atoms with Crippen molar-refractivity contribution >= 4 is 16.7 Å². The lowest BCUT2D eigenvalue weighted by molar-refractivity contribution is -0.123. The third-order valence-corrected chi connectivity index (χ3v) is 3.90. The van der Waals surface area contributed by atoms with E-state index in [4.69, 9.17) is 5.73 Å². The molecule has 4 heteroatoms. The molecule has 1 unspecified atom stereocenters. The van der Waals surface area contributed by atoms with Crippen LogP contribution in [0.2, 0.25) is 0 Å². The predicted octanol–water partition coefficient (Wildman–Crippen LogP) is 1.27. The number of benzene rings is 2. The fourth-order valence-corrected chi connectivity index (χ4v) is 2.96. The average molecular weight is 269 g/mol. The lowest BCUT2D eigenvalue weighted by atomic mass is 9.97. The lowest BCUT2D eigenvalue weighted by Gasteiger charge is -2.33. The van der Waals surface area contributed by atoms with Gasteiger partial charge < -0.3 is 11.1 Å². The van der Waals surface area contributed by atoms with Gasteiger partial charge in [0.15, 0.2) is 0 Å². The molecule has 1 saturated heterocycles. The molecular formula is C16H19N3O. The number of carbonyl (C=O) groups excluding carboxylic acids is 1. The summed E-state index contributed by atoms with van der Waals surface area (Å²) in [5.41, 5.74) is 6.70. The summed E-state index contributed by atoms with van der Waals surface area (Å²) in [4.78, 5) is 14.2. The number of nitrogens with one attached hydrogen (secondary N) is 1. The van der Waals surface area contributed by atoms with E-state index in [0.29, 0.717) is 0 Å². The van der Waals surface area contributed by atoms with Crippen LogP contribution in [0.5, 0.6) is 0 Å². The van der Waals surface area contributed by atoms with Crippen LogP contribution in [0.3, 0.4) is 0 Å². The molecule has 20 heavy (non-hydrogen) atoms. The van der Waals surface area contributed by atoms with Crippen LogP contribution in [0.15, 0.2) is 42.5 Å². The topological polar surface area (TPSA) is 58.4 Å². The smallest absolute Gasteiger partial charge is 0.239 e. The van der Waals surface area contributed by atoms with E-state index in [1.165, 1.54) is 0 Å². The Morgan fingerprint density at radius 1 is 1.10 bits per heavy atom. The second kappa shape index (κ2) is 5.61. The third kappa shape index (κ3) is 2.40. The zero-order valence-corrected chi connectivity index (χ0v) is 11.4. The Kier molecular flexibility index (Phi) is 3.67. The van der Waals surface area contributed by atoms with Gasteiger partial charge >= 0.3 is 0 Å². The molecular weight excluding hydrogens is 250 g/mol. The van der Waals surface area contributed by atoms with E-state index in [1.807, 2.05) is 24.3 Å². The van der Waals surface area contributed by atoms with Gasteiger partial charge in [-0.2, -0.15) is 0 Å². The maximum atomic E-state index is 12.0. The first-order chi connectivity index (χ1) is 9.77. The molecule has 3 N–H and O–H groups in total. The highest BCUT2D eigenvalue weighted by molar-refractivity contribution is 5.92. The number of fused-ring (bicyclic) bond motifs is 1. The van der Waals surface area contributed by atoms with Gasteiger partial charge in [0.25, 0.3) is 0 Å². The monoisotopic (exact) mass is 269 g/mol. The molecule has 1 aliphatic heterocycles. The van der Waals surface area contributed by atoms with Crippen LogP contribution in [-0.4, -0.2) is 37.0 Å². The summed E-state index contributed by atoms with van der Waals surface area (Å²) < 4.78 is 0. The maximum absolute atomic E-state index is 12.0. The fraction of sp³-hybridized carbons (Fsp3) is 0.312. The molecule has 1 aliphatic rings. The molecule has 2 aromatic carbocycles. The van der Waals surface area contributed by atoms with Gasteiger partial charge in [-0.1, -0.05) is 42.5 Å². The summed E-state index contributed by atoms with van der Waals surface area (Å²) in [6, 6.07) is 13.9. The van der Waals surface area contributed by atoms with Crippen LogP contribution in [0.1, 0.15) is 11.6 Å². The van der Waals surface area contributed by atoms with Crippen LogP contribution in [0, 0.1) is 0 Å². The fourth-order valence-electron chi connectivity index (χ4n) is 2.96. The number of nitrogens with zero attached hydrogens (tertiary/aromatic N) is 1. The normalized spacial score (nSPS) is 18.0. The lowest BCUT2D eigenvalue weighted by Crippen LogP contribution is -2.48. The Morgan fingerprint density at radius 2 is 1.80 bits per heavy atom. The number of piperazine rings is 1. The Bertz CT molecular complexity index is 615. The van der Waals surface area contributed by atoms with E-state index in [0.717, 1.165) is 42.5 Å². The van der Waals surface area contributed by atoms with Crippen molar-refractivity contribution in [1.82, 2.24) is 10.2 Å². The molecule has 0 aliphatic carbocycles. The summed E-state index contributed by atoms with van der Waals surface area (Å²) in [6.07, 6.45) is 0.